The molecule has 0 unspecified atom stereocenters. The second kappa shape index (κ2) is 8.14. The van der Waals surface area contributed by atoms with Crippen LogP contribution in [0.5, 0.6) is 0 Å². The van der Waals surface area contributed by atoms with E-state index in [1.165, 1.54) is 0 Å². The van der Waals surface area contributed by atoms with Crippen molar-refractivity contribution in [2.24, 2.45) is 0 Å². The predicted octanol–water partition coefficient (Wildman–Crippen LogP) is -2.02. The fourth-order valence-electron chi connectivity index (χ4n) is 1.59. The molecule has 2 amide bonds. The van der Waals surface area contributed by atoms with Gasteiger partial charge in [0.05, 0.1) is 28.8 Å². The van der Waals surface area contributed by atoms with E-state index in [1.54, 1.807) is 0 Å². The highest BCUT2D eigenvalue weighted by Gasteiger charge is 2.25. The van der Waals surface area contributed by atoms with E-state index in [1.807, 2.05) is 5.32 Å². The summed E-state index contributed by atoms with van der Waals surface area (Å²) in [7, 11) is 0. The molecule has 14 heteroatoms. The molecular weight excluding hydrogens is 346 g/mol. The first kappa shape index (κ1) is 19.2. The molecule has 0 radical (unpaired) electrons. The third kappa shape index (κ3) is 5.70. The average Bonchev–Trinajstić information content (AvgIpc) is 2.51. The molecule has 0 aromatic carbocycles. The predicted molar refractivity (Wildman–Crippen MR) is 77.7 cm³/mol. The van der Waals surface area contributed by atoms with Crippen LogP contribution >= 0.6 is 0 Å². The summed E-state index contributed by atoms with van der Waals surface area (Å²) in [5, 5.41) is 33.9. The maximum atomic E-state index is 11.7. The molecular formula is C11H11N5O9. The van der Waals surface area contributed by atoms with Crippen LogP contribution in [0, 0.1) is 20.2 Å². The first-order valence-corrected chi connectivity index (χ1v) is 6.40. The number of aliphatic carboxylic acids is 1. The SMILES string of the molecule is O=C(O)CNC(=O)CNC(=O)Cn1cc([N+](=O)[O-])c(=O)c([N+](=O)[O-])c1. The maximum Gasteiger partial charge on any atom is 0.339 e. The molecule has 0 spiro atoms. The van der Waals surface area contributed by atoms with E-state index in [-0.39, 0.29) is 0 Å². The topological polar surface area (TPSA) is 204 Å². The molecule has 1 aromatic rings. The van der Waals surface area contributed by atoms with Crippen molar-refractivity contribution in [3.05, 3.63) is 42.8 Å². The molecule has 14 nitrogen and oxygen atoms in total. The van der Waals surface area contributed by atoms with Gasteiger partial charge in [0.2, 0.25) is 11.8 Å². The molecule has 0 saturated heterocycles. The zero-order chi connectivity index (χ0) is 19.1. The Balaban J connectivity index is 2.82. The molecule has 1 aromatic heterocycles. The zero-order valence-corrected chi connectivity index (χ0v) is 12.3. The van der Waals surface area contributed by atoms with Crippen molar-refractivity contribution in [2.45, 2.75) is 6.54 Å². The molecule has 134 valence electrons. The maximum absolute atomic E-state index is 11.7. The van der Waals surface area contributed by atoms with Gasteiger partial charge in [-0.1, -0.05) is 0 Å². The summed E-state index contributed by atoms with van der Waals surface area (Å²) in [5.74, 6) is -2.93. The van der Waals surface area contributed by atoms with Crippen molar-refractivity contribution >= 4 is 29.2 Å². The van der Waals surface area contributed by atoms with Gasteiger partial charge in [-0.25, -0.2) is 0 Å². The molecule has 1 heterocycles. The highest BCUT2D eigenvalue weighted by Crippen LogP contribution is 2.11. The molecule has 0 bridgehead atoms. The summed E-state index contributed by atoms with van der Waals surface area (Å²) in [6.45, 7) is -1.86. The molecule has 0 atom stereocenters. The highest BCUT2D eigenvalue weighted by molar-refractivity contribution is 5.86. The molecule has 0 fully saturated rings. The van der Waals surface area contributed by atoms with Gasteiger partial charge in [-0.3, -0.25) is 39.4 Å². The lowest BCUT2D eigenvalue weighted by Crippen LogP contribution is -2.40. The molecule has 25 heavy (non-hydrogen) atoms. The summed E-state index contributed by atoms with van der Waals surface area (Å²) in [4.78, 5) is 63.9. The summed E-state index contributed by atoms with van der Waals surface area (Å²) < 4.78 is 0.752. The van der Waals surface area contributed by atoms with E-state index >= 15 is 0 Å². The Morgan fingerprint density at radius 2 is 1.48 bits per heavy atom. The number of rotatable bonds is 8. The minimum absolute atomic E-state index is 0.573. The van der Waals surface area contributed by atoms with Gasteiger partial charge in [0.25, 0.3) is 0 Å². The van der Waals surface area contributed by atoms with E-state index in [0.29, 0.717) is 12.4 Å². The lowest BCUT2D eigenvalue weighted by atomic mass is 10.3. The number of nitrogens with zero attached hydrogens (tertiary/aromatic N) is 3. The van der Waals surface area contributed by atoms with E-state index in [2.05, 4.69) is 5.32 Å². The number of carbonyl (C=O) groups excluding carboxylic acids is 2. The highest BCUT2D eigenvalue weighted by atomic mass is 16.6. The van der Waals surface area contributed by atoms with Gasteiger partial charge in [0.1, 0.15) is 13.1 Å². The molecule has 1 rings (SSSR count). The Morgan fingerprint density at radius 1 is 1.00 bits per heavy atom. The van der Waals surface area contributed by atoms with E-state index < -0.39 is 64.1 Å². The smallest absolute Gasteiger partial charge is 0.339 e. The normalized spacial score (nSPS) is 9.92. The van der Waals surface area contributed by atoms with Crippen LogP contribution in [0.1, 0.15) is 0 Å². The van der Waals surface area contributed by atoms with Crippen molar-refractivity contribution in [3.63, 3.8) is 0 Å². The fourth-order valence-corrected chi connectivity index (χ4v) is 1.59. The van der Waals surface area contributed by atoms with Gasteiger partial charge >= 0.3 is 22.8 Å². The second-order valence-corrected chi connectivity index (χ2v) is 4.49. The van der Waals surface area contributed by atoms with Crippen LogP contribution in [0.3, 0.4) is 0 Å². The fraction of sp³-hybridized carbons (Fsp3) is 0.273. The number of nitrogens with one attached hydrogen (secondary N) is 2. The van der Waals surface area contributed by atoms with Crippen LogP contribution < -0.4 is 16.1 Å². The van der Waals surface area contributed by atoms with Crippen LogP contribution in [0.25, 0.3) is 0 Å². The number of aromatic nitrogens is 1. The standard InChI is InChI=1S/C11H11N5O9/c17-8(13-2-10(19)20)1-12-9(18)5-14-3-6(15(22)23)11(21)7(4-14)16(24)25/h3-4H,1-2,5H2,(H,12,18)(H,13,17)(H,19,20). The molecule has 0 saturated carbocycles. The molecule has 0 aliphatic heterocycles. The van der Waals surface area contributed by atoms with E-state index in [9.17, 15) is 39.4 Å². The third-order valence-corrected chi connectivity index (χ3v) is 2.64. The summed E-state index contributed by atoms with van der Waals surface area (Å²) in [6, 6.07) is 0. The Bertz CT molecular complexity index is 761. The van der Waals surface area contributed by atoms with Crippen molar-refractivity contribution in [2.75, 3.05) is 13.1 Å². The summed E-state index contributed by atoms with van der Waals surface area (Å²) >= 11 is 0. The minimum Gasteiger partial charge on any atom is -0.480 e. The third-order valence-electron chi connectivity index (χ3n) is 2.64. The monoisotopic (exact) mass is 357 g/mol. The summed E-state index contributed by atoms with van der Waals surface area (Å²) in [5.41, 5.74) is -3.57. The van der Waals surface area contributed by atoms with Gasteiger partial charge in [0, 0.05) is 0 Å². The van der Waals surface area contributed by atoms with Crippen LogP contribution in [0.2, 0.25) is 0 Å². The Kier molecular flexibility index (Phi) is 6.25. The van der Waals surface area contributed by atoms with Gasteiger partial charge in [0.15, 0.2) is 0 Å². The zero-order valence-electron chi connectivity index (χ0n) is 12.3. The van der Waals surface area contributed by atoms with E-state index in [0.717, 1.165) is 4.57 Å². The number of carbonyl (C=O) groups is 3. The number of hydrogen-bond acceptors (Lipinski definition) is 8. The molecule has 0 aliphatic carbocycles. The lowest BCUT2D eigenvalue weighted by Gasteiger charge is -2.07. The Hall–Kier alpha value is -3.84. The first-order valence-electron chi connectivity index (χ1n) is 6.40. The van der Waals surface area contributed by atoms with Crippen LogP contribution in [-0.2, 0) is 20.9 Å². The van der Waals surface area contributed by atoms with Gasteiger partial charge in [-0.05, 0) is 0 Å². The van der Waals surface area contributed by atoms with Crippen molar-refractivity contribution in [1.29, 1.82) is 0 Å². The minimum atomic E-state index is -1.40. The lowest BCUT2D eigenvalue weighted by molar-refractivity contribution is -0.397. The number of amides is 2. The Morgan fingerprint density at radius 3 is 1.92 bits per heavy atom. The van der Waals surface area contributed by atoms with Gasteiger partial charge < -0.3 is 20.3 Å². The number of carboxylic acids is 1. The van der Waals surface area contributed by atoms with Crippen molar-refractivity contribution in [1.82, 2.24) is 15.2 Å². The van der Waals surface area contributed by atoms with Crippen LogP contribution in [0.4, 0.5) is 11.4 Å². The quantitative estimate of drug-likeness (QED) is 0.346. The second-order valence-electron chi connectivity index (χ2n) is 4.49. The van der Waals surface area contributed by atoms with Gasteiger partial charge in [-0.15, -0.1) is 0 Å². The number of pyridine rings is 1. The summed E-state index contributed by atoms with van der Waals surface area (Å²) in [6.07, 6.45) is 1.30. The number of carboxylic acid groups (broad SMARTS) is 1. The van der Waals surface area contributed by atoms with E-state index in [4.69, 9.17) is 5.11 Å². The largest absolute Gasteiger partial charge is 0.480 e. The number of nitro groups is 2. The first-order chi connectivity index (χ1) is 11.6. The van der Waals surface area contributed by atoms with Gasteiger partial charge in [-0.2, -0.15) is 0 Å². The average molecular weight is 357 g/mol. The molecule has 3 N–H and O–H groups in total. The Labute approximate surface area is 137 Å². The van der Waals surface area contributed by atoms with Crippen LogP contribution in [0.15, 0.2) is 17.2 Å². The van der Waals surface area contributed by atoms with Crippen molar-refractivity contribution < 1.29 is 29.3 Å². The number of hydrogen-bond donors (Lipinski definition) is 3. The van der Waals surface area contributed by atoms with Crippen LogP contribution in [-0.4, -0.2) is 50.4 Å². The van der Waals surface area contributed by atoms with Crippen molar-refractivity contribution in [3.8, 4) is 0 Å². The molecule has 0 aliphatic rings.